The van der Waals surface area contributed by atoms with Crippen LogP contribution in [0.3, 0.4) is 0 Å². The zero-order valence-electron chi connectivity index (χ0n) is 13.6. The van der Waals surface area contributed by atoms with E-state index in [4.69, 9.17) is 9.47 Å². The summed E-state index contributed by atoms with van der Waals surface area (Å²) in [5.74, 6) is 1.34. The molecule has 0 aromatic heterocycles. The third kappa shape index (κ3) is 3.04. The van der Waals surface area contributed by atoms with E-state index in [1.54, 1.807) is 34.9 Å². The molecule has 23 heavy (non-hydrogen) atoms. The summed E-state index contributed by atoms with van der Waals surface area (Å²) in [6.45, 7) is 7.24. The number of rotatable bonds is 1. The maximum absolute atomic E-state index is 12.5. The van der Waals surface area contributed by atoms with Crippen molar-refractivity contribution in [1.82, 2.24) is 9.80 Å². The number of hydrogen-bond acceptors (Lipinski definition) is 4. The second-order valence-corrected chi connectivity index (χ2v) is 6.40. The summed E-state index contributed by atoms with van der Waals surface area (Å²) in [6, 6.07) is 5.12. The smallest absolute Gasteiger partial charge is 0.321 e. The number of anilines is 1. The van der Waals surface area contributed by atoms with Crippen LogP contribution < -0.4 is 14.8 Å². The van der Waals surface area contributed by atoms with Crippen molar-refractivity contribution in [2.24, 2.45) is 0 Å². The Kier molecular flexibility index (Phi) is 3.79. The number of hydrogen-bond donors (Lipinski definition) is 1. The van der Waals surface area contributed by atoms with Crippen LogP contribution in [0.4, 0.5) is 10.5 Å². The van der Waals surface area contributed by atoms with Crippen molar-refractivity contribution in [3.05, 3.63) is 18.2 Å². The predicted octanol–water partition coefficient (Wildman–Crippen LogP) is 1.89. The molecule has 0 unspecified atom stereocenters. The van der Waals surface area contributed by atoms with Crippen LogP contribution in [0.5, 0.6) is 11.5 Å². The second-order valence-electron chi connectivity index (χ2n) is 6.40. The molecular weight excluding hydrogens is 298 g/mol. The molecule has 7 nitrogen and oxygen atoms in total. The van der Waals surface area contributed by atoms with Gasteiger partial charge in [0.05, 0.1) is 5.54 Å². The summed E-state index contributed by atoms with van der Waals surface area (Å²) in [5, 5.41) is 2.87. The van der Waals surface area contributed by atoms with E-state index in [-0.39, 0.29) is 24.3 Å². The van der Waals surface area contributed by atoms with Crippen molar-refractivity contribution >= 4 is 17.6 Å². The van der Waals surface area contributed by atoms with Crippen LogP contribution in [-0.2, 0) is 4.79 Å². The molecule has 1 fully saturated rings. The van der Waals surface area contributed by atoms with Crippen molar-refractivity contribution in [3.8, 4) is 11.5 Å². The Morgan fingerprint density at radius 2 is 1.91 bits per heavy atom. The SMILES string of the molecule is CC(=O)N1CCN(C(=O)Nc2ccc3c(c2)OCO3)CC1(C)C. The molecule has 2 heterocycles. The van der Waals surface area contributed by atoms with Gasteiger partial charge < -0.3 is 24.6 Å². The second kappa shape index (κ2) is 5.64. The van der Waals surface area contributed by atoms with Gasteiger partial charge >= 0.3 is 6.03 Å². The lowest BCUT2D eigenvalue weighted by Gasteiger charge is -2.46. The standard InChI is InChI=1S/C16H21N3O4/c1-11(20)19-7-6-18(9-16(19,2)3)15(21)17-12-4-5-13-14(8-12)23-10-22-13/h4-5,8H,6-7,9-10H2,1-3H3,(H,17,21). The maximum atomic E-state index is 12.5. The molecule has 0 radical (unpaired) electrons. The van der Waals surface area contributed by atoms with Crippen LogP contribution in [0, 0.1) is 0 Å². The first kappa shape index (κ1) is 15.5. The van der Waals surface area contributed by atoms with Gasteiger partial charge in [0, 0.05) is 38.3 Å². The van der Waals surface area contributed by atoms with Crippen LogP contribution in [0.25, 0.3) is 0 Å². The fourth-order valence-corrected chi connectivity index (χ4v) is 3.09. The molecule has 7 heteroatoms. The molecule has 3 rings (SSSR count). The largest absolute Gasteiger partial charge is 0.454 e. The normalized spacial score (nSPS) is 18.7. The molecule has 1 saturated heterocycles. The predicted molar refractivity (Wildman–Crippen MR) is 84.6 cm³/mol. The minimum atomic E-state index is -0.379. The van der Waals surface area contributed by atoms with Crippen LogP contribution in [0.2, 0.25) is 0 Å². The number of carbonyl (C=O) groups excluding carboxylic acids is 2. The van der Waals surface area contributed by atoms with E-state index < -0.39 is 0 Å². The molecule has 0 aliphatic carbocycles. The van der Waals surface area contributed by atoms with E-state index in [2.05, 4.69) is 5.32 Å². The van der Waals surface area contributed by atoms with Gasteiger partial charge in [0.25, 0.3) is 0 Å². The third-order valence-corrected chi connectivity index (χ3v) is 4.19. The average Bonchev–Trinajstić information content (AvgIpc) is 2.93. The number of urea groups is 1. The fraction of sp³-hybridized carbons (Fsp3) is 0.500. The number of amides is 3. The van der Waals surface area contributed by atoms with Crippen LogP contribution >= 0.6 is 0 Å². The minimum Gasteiger partial charge on any atom is -0.454 e. The Labute approximate surface area is 135 Å². The lowest BCUT2D eigenvalue weighted by atomic mass is 9.99. The summed E-state index contributed by atoms with van der Waals surface area (Å²) >= 11 is 0. The van der Waals surface area contributed by atoms with E-state index in [1.165, 1.54) is 0 Å². The zero-order chi connectivity index (χ0) is 16.6. The topological polar surface area (TPSA) is 71.1 Å². The summed E-state index contributed by atoms with van der Waals surface area (Å²) in [6.07, 6.45) is 0. The lowest BCUT2D eigenvalue weighted by molar-refractivity contribution is -0.137. The Morgan fingerprint density at radius 3 is 2.61 bits per heavy atom. The lowest BCUT2D eigenvalue weighted by Crippen LogP contribution is -2.62. The quantitative estimate of drug-likeness (QED) is 0.858. The number of ether oxygens (including phenoxy) is 2. The fourth-order valence-electron chi connectivity index (χ4n) is 3.09. The van der Waals surface area contributed by atoms with Gasteiger partial charge in [-0.25, -0.2) is 4.79 Å². The van der Waals surface area contributed by atoms with E-state index in [1.807, 2.05) is 13.8 Å². The molecule has 124 valence electrons. The van der Waals surface area contributed by atoms with E-state index >= 15 is 0 Å². The van der Waals surface area contributed by atoms with Gasteiger partial charge in [-0.2, -0.15) is 0 Å². The third-order valence-electron chi connectivity index (χ3n) is 4.19. The van der Waals surface area contributed by atoms with Crippen molar-refractivity contribution in [2.45, 2.75) is 26.3 Å². The number of nitrogens with zero attached hydrogens (tertiary/aromatic N) is 2. The van der Waals surface area contributed by atoms with Crippen molar-refractivity contribution in [3.63, 3.8) is 0 Å². The van der Waals surface area contributed by atoms with E-state index in [0.717, 1.165) is 0 Å². The summed E-state index contributed by atoms with van der Waals surface area (Å²) in [4.78, 5) is 27.7. The van der Waals surface area contributed by atoms with Crippen molar-refractivity contribution in [2.75, 3.05) is 31.7 Å². The van der Waals surface area contributed by atoms with Gasteiger partial charge in [-0.15, -0.1) is 0 Å². The Bertz CT molecular complexity index is 644. The van der Waals surface area contributed by atoms with Gasteiger partial charge in [-0.3, -0.25) is 4.79 Å². The molecule has 0 saturated carbocycles. The van der Waals surface area contributed by atoms with E-state index in [0.29, 0.717) is 36.8 Å². The van der Waals surface area contributed by atoms with Crippen LogP contribution in [0.15, 0.2) is 18.2 Å². The highest BCUT2D eigenvalue weighted by Crippen LogP contribution is 2.34. The van der Waals surface area contributed by atoms with Crippen LogP contribution in [-0.4, -0.2) is 53.7 Å². The first-order chi connectivity index (χ1) is 10.9. The first-order valence-electron chi connectivity index (χ1n) is 7.60. The Balaban J connectivity index is 1.66. The van der Waals surface area contributed by atoms with Gasteiger partial charge in [-0.05, 0) is 26.0 Å². The van der Waals surface area contributed by atoms with Gasteiger partial charge in [-0.1, -0.05) is 0 Å². The zero-order valence-corrected chi connectivity index (χ0v) is 13.6. The molecule has 0 atom stereocenters. The summed E-state index contributed by atoms with van der Waals surface area (Å²) < 4.78 is 10.6. The number of carbonyl (C=O) groups is 2. The monoisotopic (exact) mass is 319 g/mol. The molecule has 0 spiro atoms. The summed E-state index contributed by atoms with van der Waals surface area (Å²) in [7, 11) is 0. The maximum Gasteiger partial charge on any atom is 0.321 e. The molecule has 2 aliphatic heterocycles. The highest BCUT2D eigenvalue weighted by molar-refractivity contribution is 5.90. The Hall–Kier alpha value is -2.44. The van der Waals surface area contributed by atoms with Gasteiger partial charge in [0.1, 0.15) is 0 Å². The molecule has 1 aromatic rings. The van der Waals surface area contributed by atoms with E-state index in [9.17, 15) is 9.59 Å². The minimum absolute atomic E-state index is 0.0332. The molecule has 3 amide bonds. The van der Waals surface area contributed by atoms with Crippen molar-refractivity contribution < 1.29 is 19.1 Å². The molecule has 1 aromatic carbocycles. The molecule has 0 bridgehead atoms. The number of benzene rings is 1. The highest BCUT2D eigenvalue weighted by atomic mass is 16.7. The molecular formula is C16H21N3O4. The average molecular weight is 319 g/mol. The first-order valence-corrected chi connectivity index (χ1v) is 7.60. The van der Waals surface area contributed by atoms with Gasteiger partial charge in [0.15, 0.2) is 11.5 Å². The number of piperazine rings is 1. The molecule has 1 N–H and O–H groups in total. The van der Waals surface area contributed by atoms with Crippen molar-refractivity contribution in [1.29, 1.82) is 0 Å². The molecule has 2 aliphatic rings. The Morgan fingerprint density at radius 1 is 1.17 bits per heavy atom. The number of nitrogens with one attached hydrogen (secondary N) is 1. The number of fused-ring (bicyclic) bond motifs is 1. The highest BCUT2D eigenvalue weighted by Gasteiger charge is 2.37. The van der Waals surface area contributed by atoms with Crippen LogP contribution in [0.1, 0.15) is 20.8 Å². The van der Waals surface area contributed by atoms with Gasteiger partial charge in [0.2, 0.25) is 12.7 Å². The summed E-state index contributed by atoms with van der Waals surface area (Å²) in [5.41, 5.74) is 0.280.